The van der Waals surface area contributed by atoms with Gasteiger partial charge in [0.15, 0.2) is 11.5 Å². The molecule has 4 heterocycles. The molecule has 6 rings (SSSR count). The van der Waals surface area contributed by atoms with Crippen LogP contribution in [-0.4, -0.2) is 46.1 Å². The highest BCUT2D eigenvalue weighted by Gasteiger charge is 2.44. The van der Waals surface area contributed by atoms with E-state index in [1.807, 2.05) is 6.07 Å². The number of hydrogen-bond acceptors (Lipinski definition) is 6. The largest absolute Gasteiger partial charge is 0.381 e. The summed E-state index contributed by atoms with van der Waals surface area (Å²) in [6, 6.07) is 9.58. The Bertz CT molecular complexity index is 1390. The maximum atomic E-state index is 14.8. The van der Waals surface area contributed by atoms with Crippen LogP contribution in [0.5, 0.6) is 0 Å². The zero-order chi connectivity index (χ0) is 24.2. The van der Waals surface area contributed by atoms with Crippen LogP contribution in [0.2, 0.25) is 0 Å². The lowest BCUT2D eigenvalue weighted by atomic mass is 9.73. The standard InChI is InChI=1S/C25H25F3N6O/c1-15(17-3-2-4-19(21(17)26)22(27)28)31-23-20-11-16(33-12-25(13-33)7-9-35-10-8-25)5-6-18(20)24-29-14-30-34(24)32-23/h2-6,11,14-15,22H,7-10,12-13H2,1H3,(H,31,32). The van der Waals surface area contributed by atoms with Crippen LogP contribution in [0.15, 0.2) is 42.7 Å². The van der Waals surface area contributed by atoms with Gasteiger partial charge in [0.2, 0.25) is 0 Å². The van der Waals surface area contributed by atoms with E-state index in [1.165, 1.54) is 23.1 Å². The number of nitrogens with one attached hydrogen (secondary N) is 1. The van der Waals surface area contributed by atoms with Gasteiger partial charge in [0.1, 0.15) is 12.1 Å². The summed E-state index contributed by atoms with van der Waals surface area (Å²) >= 11 is 0. The summed E-state index contributed by atoms with van der Waals surface area (Å²) in [7, 11) is 0. The maximum absolute atomic E-state index is 14.8. The molecule has 2 aromatic heterocycles. The van der Waals surface area contributed by atoms with Gasteiger partial charge in [0, 0.05) is 53.7 Å². The molecule has 4 aromatic rings. The highest BCUT2D eigenvalue weighted by molar-refractivity contribution is 6.01. The molecule has 2 saturated heterocycles. The average Bonchev–Trinajstić information content (AvgIpc) is 3.31. The molecule has 10 heteroatoms. The summed E-state index contributed by atoms with van der Waals surface area (Å²) < 4.78 is 48.2. The van der Waals surface area contributed by atoms with Gasteiger partial charge in [-0.05, 0) is 38.0 Å². The second kappa shape index (κ2) is 8.37. The fraction of sp³-hybridized carbons (Fsp3) is 0.400. The minimum Gasteiger partial charge on any atom is -0.381 e. The molecular weight excluding hydrogens is 457 g/mol. The van der Waals surface area contributed by atoms with Crippen LogP contribution in [0.1, 0.15) is 43.4 Å². The molecule has 182 valence electrons. The fourth-order valence-corrected chi connectivity index (χ4v) is 5.28. The van der Waals surface area contributed by atoms with Gasteiger partial charge in [-0.15, -0.1) is 14.8 Å². The molecule has 1 N–H and O–H groups in total. The molecule has 2 aromatic carbocycles. The Hall–Kier alpha value is -3.40. The SMILES string of the molecule is CC(Nc1nn2ncnc2c2ccc(N3CC4(CCOCC4)C3)cc12)c1cccc(C(F)F)c1F. The molecule has 7 nitrogen and oxygen atoms in total. The monoisotopic (exact) mass is 482 g/mol. The number of benzene rings is 2. The van der Waals surface area contributed by atoms with E-state index in [9.17, 15) is 13.2 Å². The van der Waals surface area contributed by atoms with Gasteiger partial charge in [0.25, 0.3) is 6.43 Å². The lowest BCUT2D eigenvalue weighted by molar-refractivity contribution is -0.000184. The van der Waals surface area contributed by atoms with Gasteiger partial charge in [-0.25, -0.2) is 18.2 Å². The molecule has 0 aliphatic carbocycles. The average molecular weight is 483 g/mol. The van der Waals surface area contributed by atoms with E-state index >= 15 is 0 Å². The third-order valence-electron chi connectivity index (χ3n) is 7.31. The van der Waals surface area contributed by atoms with Crippen molar-refractivity contribution in [3.8, 4) is 0 Å². The first-order valence-electron chi connectivity index (χ1n) is 11.7. The van der Waals surface area contributed by atoms with Gasteiger partial charge < -0.3 is 15.0 Å². The normalized spacial score (nSPS) is 18.4. The summed E-state index contributed by atoms with van der Waals surface area (Å²) in [6.45, 7) is 5.31. The first kappa shape index (κ1) is 22.1. The van der Waals surface area contributed by atoms with Crippen molar-refractivity contribution in [2.75, 3.05) is 36.5 Å². The molecule has 35 heavy (non-hydrogen) atoms. The summed E-state index contributed by atoms with van der Waals surface area (Å²) in [4.78, 5) is 6.68. The number of rotatable bonds is 5. The third-order valence-corrected chi connectivity index (χ3v) is 7.31. The molecule has 2 fully saturated rings. The van der Waals surface area contributed by atoms with Crippen molar-refractivity contribution >= 4 is 27.9 Å². The summed E-state index contributed by atoms with van der Waals surface area (Å²) in [5.41, 5.74) is 1.55. The Morgan fingerprint density at radius 1 is 1.06 bits per heavy atom. The number of halogens is 3. The smallest absolute Gasteiger partial charge is 0.266 e. The minimum atomic E-state index is -2.88. The topological polar surface area (TPSA) is 67.6 Å². The third kappa shape index (κ3) is 3.76. The van der Waals surface area contributed by atoms with Crippen LogP contribution in [0.25, 0.3) is 16.4 Å². The molecule has 1 spiro atoms. The van der Waals surface area contributed by atoms with Crippen LogP contribution in [-0.2, 0) is 4.74 Å². The van der Waals surface area contributed by atoms with E-state index in [2.05, 4.69) is 37.5 Å². The van der Waals surface area contributed by atoms with Crippen LogP contribution >= 0.6 is 0 Å². The van der Waals surface area contributed by atoms with E-state index in [0.717, 1.165) is 61.7 Å². The predicted octanol–water partition coefficient (Wildman–Crippen LogP) is 5.14. The van der Waals surface area contributed by atoms with Gasteiger partial charge >= 0.3 is 0 Å². The number of hydrogen-bond donors (Lipinski definition) is 1. The first-order chi connectivity index (χ1) is 16.9. The number of nitrogens with zero attached hydrogens (tertiary/aromatic N) is 5. The predicted molar refractivity (Wildman–Crippen MR) is 126 cm³/mol. The zero-order valence-electron chi connectivity index (χ0n) is 19.2. The van der Waals surface area contributed by atoms with Crippen molar-refractivity contribution in [3.63, 3.8) is 0 Å². The van der Waals surface area contributed by atoms with Gasteiger partial charge in [-0.1, -0.05) is 18.2 Å². The van der Waals surface area contributed by atoms with Crippen molar-refractivity contribution in [1.29, 1.82) is 0 Å². The molecule has 0 radical (unpaired) electrons. The van der Waals surface area contributed by atoms with Crippen LogP contribution in [0.4, 0.5) is 24.7 Å². The summed E-state index contributed by atoms with van der Waals surface area (Å²) in [6.07, 6.45) is 0.698. The summed E-state index contributed by atoms with van der Waals surface area (Å²) in [5, 5.41) is 13.6. The van der Waals surface area contributed by atoms with E-state index in [0.29, 0.717) is 16.9 Å². The molecule has 0 saturated carbocycles. The Morgan fingerprint density at radius 3 is 2.60 bits per heavy atom. The second-order valence-electron chi connectivity index (χ2n) is 9.54. The number of ether oxygens (including phenoxy) is 1. The lowest BCUT2D eigenvalue weighted by Crippen LogP contribution is -2.58. The Balaban J connectivity index is 1.36. The second-order valence-corrected chi connectivity index (χ2v) is 9.54. The Morgan fingerprint density at radius 2 is 1.83 bits per heavy atom. The fourth-order valence-electron chi connectivity index (χ4n) is 5.28. The molecule has 1 atom stereocenters. The van der Waals surface area contributed by atoms with Gasteiger partial charge in [-0.2, -0.15) is 0 Å². The zero-order valence-corrected chi connectivity index (χ0v) is 19.2. The van der Waals surface area contributed by atoms with Gasteiger partial charge in [0.05, 0.1) is 11.6 Å². The quantitative estimate of drug-likeness (QED) is 0.425. The maximum Gasteiger partial charge on any atom is 0.266 e. The molecule has 1 unspecified atom stereocenters. The number of alkyl halides is 2. The van der Waals surface area contributed by atoms with Gasteiger partial charge in [-0.3, -0.25) is 0 Å². The van der Waals surface area contributed by atoms with Crippen molar-refractivity contribution < 1.29 is 17.9 Å². The Labute approximate surface area is 199 Å². The van der Waals surface area contributed by atoms with E-state index in [1.54, 1.807) is 6.92 Å². The number of fused-ring (bicyclic) bond motifs is 3. The van der Waals surface area contributed by atoms with E-state index in [-0.39, 0.29) is 5.56 Å². The molecule has 2 aliphatic rings. The van der Waals surface area contributed by atoms with Crippen LogP contribution in [0.3, 0.4) is 0 Å². The van der Waals surface area contributed by atoms with Crippen molar-refractivity contribution in [2.45, 2.75) is 32.2 Å². The molecular formula is C25H25F3N6O. The van der Waals surface area contributed by atoms with E-state index in [4.69, 9.17) is 4.74 Å². The molecule has 0 amide bonds. The summed E-state index contributed by atoms with van der Waals surface area (Å²) in [5.74, 6) is -0.424. The minimum absolute atomic E-state index is 0.150. The van der Waals surface area contributed by atoms with Crippen LogP contribution < -0.4 is 10.2 Å². The molecule has 2 aliphatic heterocycles. The number of anilines is 2. The number of aromatic nitrogens is 4. The van der Waals surface area contributed by atoms with Crippen molar-refractivity contribution in [2.24, 2.45) is 5.41 Å². The highest BCUT2D eigenvalue weighted by Crippen LogP contribution is 2.43. The van der Waals surface area contributed by atoms with Crippen molar-refractivity contribution in [1.82, 2.24) is 19.8 Å². The first-order valence-corrected chi connectivity index (χ1v) is 11.7. The highest BCUT2D eigenvalue weighted by atomic mass is 19.3. The Kier molecular flexibility index (Phi) is 5.28. The van der Waals surface area contributed by atoms with Crippen molar-refractivity contribution in [3.05, 3.63) is 59.7 Å². The lowest BCUT2D eigenvalue weighted by Gasteiger charge is -2.53. The van der Waals surface area contributed by atoms with Crippen LogP contribution in [0, 0.1) is 11.2 Å². The molecule has 0 bridgehead atoms. The van der Waals surface area contributed by atoms with E-state index < -0.39 is 23.8 Å².